The second-order valence-electron chi connectivity index (χ2n) is 7.24. The molecule has 0 radical (unpaired) electrons. The van der Waals surface area contributed by atoms with E-state index in [0.29, 0.717) is 24.7 Å². The predicted molar refractivity (Wildman–Crippen MR) is 116 cm³/mol. The molecule has 2 aromatic carbocycles. The van der Waals surface area contributed by atoms with Crippen LogP contribution in [0.15, 0.2) is 47.4 Å². The summed E-state index contributed by atoms with van der Waals surface area (Å²) < 4.78 is 57.4. The van der Waals surface area contributed by atoms with Crippen LogP contribution in [0.5, 0.6) is 11.5 Å². The highest BCUT2D eigenvalue weighted by Gasteiger charge is 2.29. The van der Waals surface area contributed by atoms with Crippen LogP contribution in [0.4, 0.5) is 10.1 Å². The summed E-state index contributed by atoms with van der Waals surface area (Å²) in [4.78, 5) is 11.9. The minimum atomic E-state index is -4.03. The Morgan fingerprint density at radius 3 is 2.53 bits per heavy atom. The molecule has 170 valence electrons. The first-order valence-electron chi connectivity index (χ1n) is 10.2. The molecule has 0 unspecified atom stereocenters. The number of amides is 1. The van der Waals surface area contributed by atoms with Gasteiger partial charge in [-0.2, -0.15) is 4.31 Å². The van der Waals surface area contributed by atoms with E-state index in [2.05, 4.69) is 5.32 Å². The first-order valence-corrected chi connectivity index (χ1v) is 11.6. The zero-order valence-corrected chi connectivity index (χ0v) is 18.1. The number of fused-ring (bicyclic) bond motifs is 1. The summed E-state index contributed by atoms with van der Waals surface area (Å²) in [5.41, 5.74) is 0.908. The molecule has 8 nitrogen and oxygen atoms in total. The Kier molecular flexibility index (Phi) is 6.73. The molecule has 1 amide bonds. The van der Waals surface area contributed by atoms with Gasteiger partial charge in [0.25, 0.3) is 0 Å². The Morgan fingerprint density at radius 2 is 1.75 bits per heavy atom. The summed E-state index contributed by atoms with van der Waals surface area (Å²) in [5, 5.41) is 2.57. The van der Waals surface area contributed by atoms with Crippen molar-refractivity contribution in [3.05, 3.63) is 53.9 Å². The van der Waals surface area contributed by atoms with Gasteiger partial charge < -0.3 is 19.5 Å². The molecule has 2 aliphatic rings. The lowest BCUT2D eigenvalue weighted by molar-refractivity contribution is -0.111. The highest BCUT2D eigenvalue weighted by molar-refractivity contribution is 7.89. The van der Waals surface area contributed by atoms with Crippen molar-refractivity contribution in [2.75, 3.05) is 44.8 Å². The van der Waals surface area contributed by atoms with Crippen LogP contribution in [0, 0.1) is 5.82 Å². The van der Waals surface area contributed by atoms with E-state index in [1.807, 2.05) is 0 Å². The number of hydrogen-bond acceptors (Lipinski definition) is 6. The molecule has 0 atom stereocenters. The van der Waals surface area contributed by atoms with Crippen molar-refractivity contribution in [1.82, 2.24) is 4.31 Å². The molecule has 10 heteroatoms. The number of carbonyl (C=O) groups is 1. The van der Waals surface area contributed by atoms with Gasteiger partial charge in [-0.15, -0.1) is 0 Å². The molecule has 2 heterocycles. The van der Waals surface area contributed by atoms with Gasteiger partial charge >= 0.3 is 0 Å². The number of anilines is 1. The maximum Gasteiger partial charge on any atom is 0.248 e. The average Bonchev–Trinajstić information content (AvgIpc) is 3.04. The van der Waals surface area contributed by atoms with Gasteiger partial charge in [0.05, 0.1) is 26.4 Å². The molecule has 0 spiro atoms. The minimum absolute atomic E-state index is 0.149. The van der Waals surface area contributed by atoms with E-state index in [9.17, 15) is 17.6 Å². The third-order valence-electron chi connectivity index (χ3n) is 4.99. The number of rotatable bonds is 5. The van der Waals surface area contributed by atoms with Crippen LogP contribution in [0.25, 0.3) is 6.08 Å². The number of hydrogen-bond donors (Lipinski definition) is 1. The monoisotopic (exact) mass is 462 g/mol. The van der Waals surface area contributed by atoms with Gasteiger partial charge in [0.15, 0.2) is 11.5 Å². The van der Waals surface area contributed by atoms with Crippen molar-refractivity contribution in [2.45, 2.75) is 11.3 Å². The number of benzene rings is 2. The molecular weight excluding hydrogens is 439 g/mol. The Morgan fingerprint density at radius 1 is 1.00 bits per heavy atom. The molecule has 1 fully saturated rings. The van der Waals surface area contributed by atoms with Crippen LogP contribution in [-0.2, 0) is 19.6 Å². The van der Waals surface area contributed by atoms with Crippen molar-refractivity contribution in [3.8, 4) is 11.5 Å². The van der Waals surface area contributed by atoms with E-state index < -0.39 is 26.6 Å². The smallest absolute Gasteiger partial charge is 0.248 e. The number of morpholine rings is 1. The Balaban J connectivity index is 1.47. The van der Waals surface area contributed by atoms with Gasteiger partial charge in [-0.05, 0) is 42.0 Å². The highest BCUT2D eigenvalue weighted by atomic mass is 32.2. The normalized spacial score (nSPS) is 17.2. The number of sulfonamides is 1. The average molecular weight is 462 g/mol. The zero-order chi connectivity index (χ0) is 22.6. The lowest BCUT2D eigenvalue weighted by Crippen LogP contribution is -2.40. The van der Waals surface area contributed by atoms with Gasteiger partial charge in [0, 0.05) is 31.3 Å². The predicted octanol–water partition coefficient (Wildman–Crippen LogP) is 2.66. The molecule has 2 aliphatic heterocycles. The topological polar surface area (TPSA) is 94.2 Å². The lowest BCUT2D eigenvalue weighted by atomic mass is 10.2. The summed E-state index contributed by atoms with van der Waals surface area (Å²) in [6.45, 7) is 1.95. The lowest BCUT2D eigenvalue weighted by Gasteiger charge is -2.26. The van der Waals surface area contributed by atoms with Gasteiger partial charge in [0.2, 0.25) is 15.9 Å². The first kappa shape index (κ1) is 22.3. The summed E-state index contributed by atoms with van der Waals surface area (Å²) in [5.74, 6) is -0.0957. The third kappa shape index (κ3) is 5.09. The van der Waals surface area contributed by atoms with Crippen molar-refractivity contribution in [2.24, 2.45) is 0 Å². The molecule has 0 aromatic heterocycles. The maximum absolute atomic E-state index is 14.3. The number of carbonyl (C=O) groups excluding carboxylic acids is 1. The number of nitrogens with one attached hydrogen (secondary N) is 1. The fraction of sp³-hybridized carbons (Fsp3) is 0.318. The Bertz CT molecular complexity index is 1130. The molecule has 2 aromatic rings. The highest BCUT2D eigenvalue weighted by Crippen LogP contribution is 2.31. The van der Waals surface area contributed by atoms with E-state index in [-0.39, 0.29) is 32.0 Å². The Hall–Kier alpha value is -2.95. The second kappa shape index (κ2) is 9.68. The molecule has 32 heavy (non-hydrogen) atoms. The molecular formula is C22H23FN2O6S. The van der Waals surface area contributed by atoms with E-state index in [0.717, 1.165) is 24.1 Å². The fourth-order valence-corrected chi connectivity index (χ4v) is 4.84. The van der Waals surface area contributed by atoms with Crippen LogP contribution in [0.2, 0.25) is 0 Å². The first-order chi connectivity index (χ1) is 15.4. The van der Waals surface area contributed by atoms with Crippen LogP contribution in [-0.4, -0.2) is 58.1 Å². The van der Waals surface area contributed by atoms with Crippen molar-refractivity contribution >= 4 is 27.7 Å². The summed E-state index contributed by atoms with van der Waals surface area (Å²) >= 11 is 0. The Labute approximate surface area is 185 Å². The van der Waals surface area contributed by atoms with E-state index in [4.69, 9.17) is 14.2 Å². The quantitative estimate of drug-likeness (QED) is 0.687. The number of halogens is 1. The van der Waals surface area contributed by atoms with E-state index >= 15 is 0 Å². The second-order valence-corrected chi connectivity index (χ2v) is 9.15. The van der Waals surface area contributed by atoms with E-state index in [1.165, 1.54) is 16.4 Å². The van der Waals surface area contributed by atoms with Crippen molar-refractivity contribution in [1.29, 1.82) is 0 Å². The molecule has 0 saturated carbocycles. The SMILES string of the molecule is O=C(/C=C\c1ccc2c(c1)OCCCO2)Nc1ccc(F)c(S(=O)(=O)N2CCOCC2)c1. The largest absolute Gasteiger partial charge is 0.490 e. The van der Waals surface area contributed by atoms with Gasteiger partial charge in [-0.3, -0.25) is 4.79 Å². The van der Waals surface area contributed by atoms with Crippen molar-refractivity contribution < 1.29 is 31.8 Å². The number of nitrogens with zero attached hydrogens (tertiary/aromatic N) is 1. The molecule has 1 saturated heterocycles. The standard InChI is InChI=1S/C22H23FN2O6S/c23-18-5-4-17(15-21(18)32(27,28)25-8-12-29-13-9-25)24-22(26)7-3-16-2-6-19-20(14-16)31-11-1-10-30-19/h2-7,14-15H,1,8-13H2,(H,24,26)/b7-3-. The summed E-state index contributed by atoms with van der Waals surface area (Å²) in [6.07, 6.45) is 3.70. The van der Waals surface area contributed by atoms with Crippen molar-refractivity contribution in [3.63, 3.8) is 0 Å². The van der Waals surface area contributed by atoms with Gasteiger partial charge in [-0.25, -0.2) is 12.8 Å². The van der Waals surface area contributed by atoms with Crippen LogP contribution >= 0.6 is 0 Å². The molecule has 1 N–H and O–H groups in total. The third-order valence-corrected chi connectivity index (χ3v) is 6.90. The van der Waals surface area contributed by atoms with Crippen LogP contribution in [0.3, 0.4) is 0 Å². The number of ether oxygens (including phenoxy) is 3. The van der Waals surface area contributed by atoms with Gasteiger partial charge in [-0.1, -0.05) is 6.07 Å². The zero-order valence-electron chi connectivity index (χ0n) is 17.3. The minimum Gasteiger partial charge on any atom is -0.490 e. The van der Waals surface area contributed by atoms with E-state index in [1.54, 1.807) is 24.3 Å². The van der Waals surface area contributed by atoms with Crippen LogP contribution < -0.4 is 14.8 Å². The van der Waals surface area contributed by atoms with Gasteiger partial charge in [0.1, 0.15) is 10.7 Å². The summed E-state index contributed by atoms with van der Waals surface area (Å²) in [6, 6.07) is 8.81. The molecule has 4 rings (SSSR count). The molecule has 0 aliphatic carbocycles. The van der Waals surface area contributed by atoms with Crippen LogP contribution in [0.1, 0.15) is 12.0 Å². The summed E-state index contributed by atoms with van der Waals surface area (Å²) in [7, 11) is -4.03. The molecule has 0 bridgehead atoms. The maximum atomic E-state index is 14.3. The fourth-order valence-electron chi connectivity index (χ4n) is 3.34.